The van der Waals surface area contributed by atoms with Crippen molar-refractivity contribution in [3.8, 4) is 0 Å². The van der Waals surface area contributed by atoms with Gasteiger partial charge in [0.1, 0.15) is 30.2 Å². The monoisotopic (exact) mass is 584 g/mol. The molecule has 206 valence electrons. The number of anilines is 1. The van der Waals surface area contributed by atoms with E-state index in [4.69, 9.17) is 15.4 Å². The molecule has 1 aromatic rings. The second kappa shape index (κ2) is 12.1. The molecule has 1 aromatic heterocycles. The maximum atomic E-state index is 12.1. The Hall–Kier alpha value is -1.24. The van der Waals surface area contributed by atoms with Gasteiger partial charge in [0.15, 0.2) is 11.8 Å². The Balaban J connectivity index is 1.97. The number of ether oxygens (including phenoxy) is 1. The van der Waals surface area contributed by atoms with Crippen LogP contribution in [0, 0.1) is 0 Å². The molecule has 0 amide bonds. The van der Waals surface area contributed by atoms with Crippen molar-refractivity contribution in [1.29, 1.82) is 0 Å². The lowest BCUT2D eigenvalue weighted by Gasteiger charge is -2.26. The fraction of sp³-hybridized carbons (Fsp3) is 0.714. The number of phosphoric ester groups is 2. The van der Waals surface area contributed by atoms with E-state index in [1.165, 1.54) is 6.07 Å². The van der Waals surface area contributed by atoms with E-state index in [0.29, 0.717) is 0 Å². The second-order valence-corrected chi connectivity index (χ2v) is 11.2. The van der Waals surface area contributed by atoms with Gasteiger partial charge < -0.3 is 40.7 Å². The molecule has 19 nitrogen and oxygen atoms in total. The van der Waals surface area contributed by atoms with Crippen LogP contribution in [0.3, 0.4) is 0 Å². The Morgan fingerprint density at radius 3 is 2.44 bits per heavy atom. The molecule has 9 N–H and O–H groups in total. The van der Waals surface area contributed by atoms with Gasteiger partial charge in [0.2, 0.25) is 0 Å². The summed E-state index contributed by atoms with van der Waals surface area (Å²) in [6, 6.07) is 1.21. The maximum absolute atomic E-state index is 12.1. The van der Waals surface area contributed by atoms with Gasteiger partial charge in [-0.2, -0.15) is 9.29 Å². The third kappa shape index (κ3) is 8.13. The van der Waals surface area contributed by atoms with Gasteiger partial charge in [-0.15, -0.1) is 9.42 Å². The SMILES string of the molecule is C[C@@](CO)(O[P+](=O)O)[C@H](O)COP(=O)(O)OP(=O)(O)OC[C@H]1O[C@@H](n2ccc(N)nc2=O)[C@H](O)[C@@H]1O. The van der Waals surface area contributed by atoms with Gasteiger partial charge in [-0.1, -0.05) is 0 Å². The number of aromatic nitrogens is 2. The molecule has 1 saturated heterocycles. The van der Waals surface area contributed by atoms with E-state index >= 15 is 0 Å². The average molecular weight is 584 g/mol. The first kappa shape index (κ1) is 31.0. The minimum Gasteiger partial charge on any atom is -0.393 e. The van der Waals surface area contributed by atoms with E-state index < -0.39 is 85.7 Å². The third-order valence-corrected chi connectivity index (χ3v) is 7.95. The summed E-state index contributed by atoms with van der Waals surface area (Å²) in [6.45, 7) is -2.21. The lowest BCUT2D eigenvalue weighted by molar-refractivity contribution is -0.0912. The smallest absolute Gasteiger partial charge is 0.393 e. The van der Waals surface area contributed by atoms with E-state index in [1.54, 1.807) is 0 Å². The minimum absolute atomic E-state index is 0.122. The van der Waals surface area contributed by atoms with Crippen molar-refractivity contribution in [2.45, 2.75) is 43.2 Å². The fourth-order valence-corrected chi connectivity index (χ4v) is 5.40. The number of nitrogen functional groups attached to an aromatic ring is 1. The van der Waals surface area contributed by atoms with Crippen LogP contribution >= 0.6 is 23.9 Å². The van der Waals surface area contributed by atoms with Crippen molar-refractivity contribution >= 4 is 29.7 Å². The molecule has 1 aliphatic heterocycles. The molecular weight excluding hydrogens is 559 g/mol. The topological polar surface area (TPSA) is 300 Å². The van der Waals surface area contributed by atoms with Gasteiger partial charge in [0.25, 0.3) is 0 Å². The highest BCUT2D eigenvalue weighted by atomic mass is 31.3. The van der Waals surface area contributed by atoms with E-state index in [1.807, 2.05) is 0 Å². The first-order valence-electron chi connectivity index (χ1n) is 9.67. The van der Waals surface area contributed by atoms with Crippen molar-refractivity contribution in [2.75, 3.05) is 25.6 Å². The highest BCUT2D eigenvalue weighted by Gasteiger charge is 2.47. The maximum Gasteiger partial charge on any atom is 0.695 e. The third-order valence-electron chi connectivity index (χ3n) is 4.77. The normalized spacial score (nSPS) is 28.6. The van der Waals surface area contributed by atoms with Crippen LogP contribution in [0.25, 0.3) is 0 Å². The van der Waals surface area contributed by atoms with Crippen molar-refractivity contribution in [3.63, 3.8) is 0 Å². The number of hydrogen-bond donors (Lipinski definition) is 8. The first-order chi connectivity index (χ1) is 16.5. The van der Waals surface area contributed by atoms with E-state index in [-0.39, 0.29) is 5.82 Å². The molecule has 0 radical (unpaired) electrons. The Morgan fingerprint density at radius 1 is 1.28 bits per heavy atom. The van der Waals surface area contributed by atoms with Crippen molar-refractivity contribution in [3.05, 3.63) is 22.7 Å². The van der Waals surface area contributed by atoms with Crippen LogP contribution in [0.1, 0.15) is 13.2 Å². The Labute approximate surface area is 202 Å². The van der Waals surface area contributed by atoms with Crippen LogP contribution in [0.5, 0.6) is 0 Å². The zero-order valence-corrected chi connectivity index (χ0v) is 21.0. The van der Waals surface area contributed by atoms with Crippen molar-refractivity contribution in [1.82, 2.24) is 9.55 Å². The molecule has 0 bridgehead atoms. The molecule has 2 rings (SSSR count). The summed E-state index contributed by atoms with van der Waals surface area (Å²) in [7, 11) is -14.1. The van der Waals surface area contributed by atoms with Crippen molar-refractivity contribution < 1.29 is 71.4 Å². The first-order valence-corrected chi connectivity index (χ1v) is 13.8. The minimum atomic E-state index is -5.43. The zero-order chi connectivity index (χ0) is 27.5. The van der Waals surface area contributed by atoms with Crippen LogP contribution in [0.4, 0.5) is 5.82 Å². The Morgan fingerprint density at radius 2 is 1.89 bits per heavy atom. The van der Waals surface area contributed by atoms with Gasteiger partial charge in [0.05, 0.1) is 19.8 Å². The zero-order valence-electron chi connectivity index (χ0n) is 18.3. The lowest BCUT2D eigenvalue weighted by atomic mass is 10.0. The van der Waals surface area contributed by atoms with Crippen LogP contribution in [-0.4, -0.2) is 94.5 Å². The van der Waals surface area contributed by atoms with E-state index in [2.05, 4.69) is 22.9 Å². The molecule has 1 fully saturated rings. The summed E-state index contributed by atoms with van der Waals surface area (Å²) < 4.78 is 58.3. The molecule has 36 heavy (non-hydrogen) atoms. The summed E-state index contributed by atoms with van der Waals surface area (Å²) in [6.07, 6.45) is -7.34. The summed E-state index contributed by atoms with van der Waals surface area (Å²) >= 11 is 0. The molecule has 3 unspecified atom stereocenters. The summed E-state index contributed by atoms with van der Waals surface area (Å²) in [5.41, 5.74) is 2.32. The van der Waals surface area contributed by atoms with Gasteiger partial charge >= 0.3 is 29.6 Å². The van der Waals surface area contributed by atoms with Gasteiger partial charge in [0, 0.05) is 10.8 Å². The quantitative estimate of drug-likeness (QED) is 0.111. The predicted molar refractivity (Wildman–Crippen MR) is 114 cm³/mol. The number of rotatable bonds is 13. The molecule has 9 atom stereocenters. The lowest BCUT2D eigenvalue weighted by Crippen LogP contribution is -2.46. The highest BCUT2D eigenvalue weighted by molar-refractivity contribution is 7.61. The summed E-state index contributed by atoms with van der Waals surface area (Å²) in [5.74, 6) is -0.122. The molecule has 1 aliphatic rings. The summed E-state index contributed by atoms with van der Waals surface area (Å²) in [5, 5.41) is 39.4. The second-order valence-electron chi connectivity index (χ2n) is 7.51. The number of nitrogens with two attached hydrogens (primary N) is 1. The molecule has 0 aromatic carbocycles. The number of hydrogen-bond acceptors (Lipinski definition) is 15. The number of nitrogens with zero attached hydrogens (tertiary/aromatic N) is 2. The molecule has 2 heterocycles. The average Bonchev–Trinajstić information content (AvgIpc) is 3.03. The van der Waals surface area contributed by atoms with Gasteiger partial charge in [-0.3, -0.25) is 13.6 Å². The van der Waals surface area contributed by atoms with Crippen LogP contribution < -0.4 is 11.4 Å². The number of aliphatic hydroxyl groups is 4. The standard InChI is InChI=1S/C14H24N3O16P3/c1-14(6-18,32-34(23)24)8(19)5-30-36(27,28)33-35(25,26)29-4-7-10(20)11(21)12(31-7)17-3-2-9(15)16-13(17)22/h2-3,7-8,10-12,18-21H,4-6H2,1H3,(H4-,15,16,22,23,24,25,26,27,28)/p+1/t7-,8-,10-,11-,12-,14+/m1/s1. The number of phosphoric acid groups is 2. The molecule has 0 saturated carbocycles. The molecule has 0 spiro atoms. The van der Waals surface area contributed by atoms with Crippen molar-refractivity contribution in [2.24, 2.45) is 0 Å². The summed E-state index contributed by atoms with van der Waals surface area (Å²) in [4.78, 5) is 43.5. The Bertz CT molecular complexity index is 1090. The van der Waals surface area contributed by atoms with Crippen LogP contribution in [0.15, 0.2) is 17.1 Å². The molecule has 0 aliphatic carbocycles. The highest BCUT2D eigenvalue weighted by Crippen LogP contribution is 2.60. The van der Waals surface area contributed by atoms with Crippen LogP contribution in [0.2, 0.25) is 0 Å². The Kier molecular flexibility index (Phi) is 10.4. The van der Waals surface area contributed by atoms with E-state index in [0.717, 1.165) is 17.7 Å². The molecular formula is C14H25N3O16P3+. The predicted octanol–water partition coefficient (Wildman–Crippen LogP) is -2.53. The molecule has 22 heteroatoms. The largest absolute Gasteiger partial charge is 0.695 e. The van der Waals surface area contributed by atoms with Gasteiger partial charge in [-0.05, 0) is 13.0 Å². The van der Waals surface area contributed by atoms with Crippen LogP contribution in [-0.2, 0) is 36.3 Å². The number of aliphatic hydroxyl groups excluding tert-OH is 4. The van der Waals surface area contributed by atoms with Gasteiger partial charge in [-0.25, -0.2) is 13.9 Å². The fourth-order valence-electron chi connectivity index (χ4n) is 2.78. The van der Waals surface area contributed by atoms with E-state index in [9.17, 15) is 48.7 Å².